The molecule has 2 unspecified atom stereocenters. The van der Waals surface area contributed by atoms with Crippen LogP contribution in [0.2, 0.25) is 0 Å². The number of thioether (sulfide) groups is 1. The SMILES string of the molecule is Brc1cccnc1CN1CC2CC1CS2. The fourth-order valence-corrected chi connectivity index (χ4v) is 4.28. The molecule has 1 aromatic heterocycles. The Morgan fingerprint density at radius 3 is 3.20 bits per heavy atom. The monoisotopic (exact) mass is 284 g/mol. The van der Waals surface area contributed by atoms with Crippen LogP contribution in [0.1, 0.15) is 12.1 Å². The molecule has 2 saturated heterocycles. The molecule has 3 heterocycles. The molecule has 2 atom stereocenters. The van der Waals surface area contributed by atoms with Gasteiger partial charge < -0.3 is 0 Å². The summed E-state index contributed by atoms with van der Waals surface area (Å²) in [4.78, 5) is 7.01. The number of hydrogen-bond donors (Lipinski definition) is 0. The zero-order chi connectivity index (χ0) is 10.3. The van der Waals surface area contributed by atoms with E-state index in [1.54, 1.807) is 0 Å². The number of rotatable bonds is 2. The van der Waals surface area contributed by atoms with Crippen molar-refractivity contribution in [3.8, 4) is 0 Å². The standard InChI is InChI=1S/C11H13BrN2S/c12-10-2-1-3-13-11(10)6-14-5-9-4-8(14)7-15-9/h1-3,8-9H,4-7H2. The third-order valence-electron chi connectivity index (χ3n) is 3.20. The quantitative estimate of drug-likeness (QED) is 0.830. The molecule has 0 spiro atoms. The van der Waals surface area contributed by atoms with Crippen molar-refractivity contribution in [3.05, 3.63) is 28.5 Å². The maximum atomic E-state index is 4.43. The minimum Gasteiger partial charge on any atom is -0.293 e. The van der Waals surface area contributed by atoms with Gasteiger partial charge >= 0.3 is 0 Å². The van der Waals surface area contributed by atoms with Gasteiger partial charge in [-0.3, -0.25) is 9.88 Å². The molecule has 0 amide bonds. The lowest BCUT2D eigenvalue weighted by atomic mass is 10.2. The second-order valence-electron chi connectivity index (χ2n) is 4.21. The molecule has 2 nitrogen and oxygen atoms in total. The first-order chi connectivity index (χ1) is 7.33. The van der Waals surface area contributed by atoms with E-state index in [4.69, 9.17) is 0 Å². The fraction of sp³-hybridized carbons (Fsp3) is 0.545. The molecule has 3 rings (SSSR count). The lowest BCUT2D eigenvalue weighted by Gasteiger charge is -2.26. The van der Waals surface area contributed by atoms with Gasteiger partial charge in [0.25, 0.3) is 0 Å². The van der Waals surface area contributed by atoms with E-state index in [0.29, 0.717) is 0 Å². The molecule has 0 saturated carbocycles. The highest BCUT2D eigenvalue weighted by atomic mass is 79.9. The fourth-order valence-electron chi connectivity index (χ4n) is 2.40. The highest BCUT2D eigenvalue weighted by Crippen LogP contribution is 2.38. The number of aromatic nitrogens is 1. The van der Waals surface area contributed by atoms with Gasteiger partial charge in [0.15, 0.2) is 0 Å². The average Bonchev–Trinajstić information content (AvgIpc) is 2.83. The van der Waals surface area contributed by atoms with Crippen molar-refractivity contribution in [2.24, 2.45) is 0 Å². The Labute approximate surface area is 103 Å². The summed E-state index contributed by atoms with van der Waals surface area (Å²) in [6, 6.07) is 4.85. The van der Waals surface area contributed by atoms with E-state index in [1.807, 2.05) is 12.3 Å². The first kappa shape index (κ1) is 10.1. The van der Waals surface area contributed by atoms with E-state index >= 15 is 0 Å². The molecular weight excluding hydrogens is 272 g/mol. The van der Waals surface area contributed by atoms with Crippen LogP contribution < -0.4 is 0 Å². The smallest absolute Gasteiger partial charge is 0.0685 e. The Balaban J connectivity index is 1.73. The molecular formula is C11H13BrN2S. The highest BCUT2D eigenvalue weighted by molar-refractivity contribution is 9.10. The van der Waals surface area contributed by atoms with Gasteiger partial charge in [0.05, 0.1) is 5.69 Å². The minimum absolute atomic E-state index is 0.800. The van der Waals surface area contributed by atoms with Crippen LogP contribution in [0.25, 0.3) is 0 Å². The Morgan fingerprint density at radius 1 is 1.60 bits per heavy atom. The van der Waals surface area contributed by atoms with Crippen LogP contribution >= 0.6 is 27.7 Å². The second-order valence-corrected chi connectivity index (χ2v) is 6.39. The van der Waals surface area contributed by atoms with Crippen molar-refractivity contribution in [1.82, 2.24) is 9.88 Å². The van der Waals surface area contributed by atoms with Gasteiger partial charge in [-0.1, -0.05) is 0 Å². The van der Waals surface area contributed by atoms with Crippen LogP contribution in [0.3, 0.4) is 0 Å². The molecule has 2 bridgehead atoms. The van der Waals surface area contributed by atoms with Gasteiger partial charge in [-0.15, -0.1) is 0 Å². The molecule has 1 aromatic rings. The van der Waals surface area contributed by atoms with E-state index in [0.717, 1.165) is 22.3 Å². The Kier molecular flexibility index (Phi) is 2.75. The van der Waals surface area contributed by atoms with E-state index in [1.165, 1.54) is 24.4 Å². The summed E-state index contributed by atoms with van der Waals surface area (Å²) in [5, 5.41) is 0.887. The summed E-state index contributed by atoms with van der Waals surface area (Å²) in [6.45, 7) is 2.25. The van der Waals surface area contributed by atoms with Crippen molar-refractivity contribution in [2.75, 3.05) is 12.3 Å². The number of nitrogens with zero attached hydrogens (tertiary/aromatic N) is 2. The summed E-state index contributed by atoms with van der Waals surface area (Å²) in [5.74, 6) is 1.31. The first-order valence-electron chi connectivity index (χ1n) is 5.28. The van der Waals surface area contributed by atoms with Crippen molar-refractivity contribution < 1.29 is 0 Å². The van der Waals surface area contributed by atoms with Crippen LogP contribution in [-0.4, -0.2) is 33.5 Å². The third-order valence-corrected chi connectivity index (χ3v) is 5.31. The molecule has 15 heavy (non-hydrogen) atoms. The van der Waals surface area contributed by atoms with Gasteiger partial charge in [-0.05, 0) is 34.5 Å². The van der Waals surface area contributed by atoms with Gasteiger partial charge in [-0.2, -0.15) is 11.8 Å². The van der Waals surface area contributed by atoms with E-state index in [-0.39, 0.29) is 0 Å². The van der Waals surface area contributed by atoms with E-state index in [2.05, 4.69) is 43.6 Å². The molecule has 0 aliphatic carbocycles. The first-order valence-corrected chi connectivity index (χ1v) is 7.12. The summed E-state index contributed by atoms with van der Waals surface area (Å²) in [6.07, 6.45) is 3.26. The summed E-state index contributed by atoms with van der Waals surface area (Å²) in [5.41, 5.74) is 1.18. The van der Waals surface area contributed by atoms with Gasteiger partial charge in [-0.25, -0.2) is 0 Å². The molecule has 80 valence electrons. The van der Waals surface area contributed by atoms with Crippen molar-refractivity contribution in [1.29, 1.82) is 0 Å². The van der Waals surface area contributed by atoms with E-state index in [9.17, 15) is 0 Å². The predicted molar refractivity (Wildman–Crippen MR) is 67.0 cm³/mol. The zero-order valence-corrected chi connectivity index (χ0v) is 10.8. The van der Waals surface area contributed by atoms with Crippen LogP contribution in [0, 0.1) is 0 Å². The van der Waals surface area contributed by atoms with Gasteiger partial charge in [0, 0.05) is 40.8 Å². The number of likely N-dealkylation sites (tertiary alicyclic amines) is 1. The topological polar surface area (TPSA) is 16.1 Å². The molecule has 2 aliphatic rings. The van der Waals surface area contributed by atoms with E-state index < -0.39 is 0 Å². The Hall–Kier alpha value is -0.0600. The van der Waals surface area contributed by atoms with Crippen LogP contribution in [0.15, 0.2) is 22.8 Å². The second kappa shape index (κ2) is 4.07. The Morgan fingerprint density at radius 2 is 2.53 bits per heavy atom. The maximum absolute atomic E-state index is 4.43. The summed E-state index contributed by atoms with van der Waals surface area (Å²) >= 11 is 5.70. The maximum Gasteiger partial charge on any atom is 0.0685 e. The number of pyridine rings is 1. The molecule has 0 radical (unpaired) electrons. The summed E-state index contributed by atoms with van der Waals surface area (Å²) < 4.78 is 1.14. The van der Waals surface area contributed by atoms with Crippen LogP contribution in [0.5, 0.6) is 0 Å². The molecule has 0 aromatic carbocycles. The Bertz CT molecular complexity index is 371. The molecule has 2 fully saturated rings. The molecule has 0 N–H and O–H groups in total. The largest absolute Gasteiger partial charge is 0.293 e. The summed E-state index contributed by atoms with van der Waals surface area (Å²) in [7, 11) is 0. The van der Waals surface area contributed by atoms with Gasteiger partial charge in [0.2, 0.25) is 0 Å². The normalized spacial score (nSPS) is 29.9. The number of fused-ring (bicyclic) bond motifs is 2. The van der Waals surface area contributed by atoms with Gasteiger partial charge in [0.1, 0.15) is 0 Å². The zero-order valence-electron chi connectivity index (χ0n) is 8.40. The molecule has 2 aliphatic heterocycles. The van der Waals surface area contributed by atoms with Crippen molar-refractivity contribution in [2.45, 2.75) is 24.3 Å². The third kappa shape index (κ3) is 1.95. The van der Waals surface area contributed by atoms with Crippen molar-refractivity contribution >= 4 is 27.7 Å². The lowest BCUT2D eigenvalue weighted by molar-refractivity contribution is 0.257. The average molecular weight is 285 g/mol. The number of hydrogen-bond acceptors (Lipinski definition) is 3. The molecule has 4 heteroatoms. The minimum atomic E-state index is 0.800. The lowest BCUT2D eigenvalue weighted by Crippen LogP contribution is -2.33. The predicted octanol–water partition coefficient (Wildman–Crippen LogP) is 2.53. The van der Waals surface area contributed by atoms with Crippen molar-refractivity contribution in [3.63, 3.8) is 0 Å². The van der Waals surface area contributed by atoms with Crippen LogP contribution in [0.4, 0.5) is 0 Å². The number of halogens is 1. The van der Waals surface area contributed by atoms with Crippen LogP contribution in [-0.2, 0) is 6.54 Å². The highest BCUT2D eigenvalue weighted by Gasteiger charge is 2.38.